The molecule has 0 aliphatic carbocycles. The van der Waals surface area contributed by atoms with Crippen LogP contribution in [0.25, 0.3) is 0 Å². The normalized spacial score (nSPS) is 18.4. The summed E-state index contributed by atoms with van der Waals surface area (Å²) < 4.78 is 5.33. The van der Waals surface area contributed by atoms with Gasteiger partial charge in [-0.2, -0.15) is 4.98 Å². The Kier molecular flexibility index (Phi) is 4.36. The number of β-amino-alcohol motifs (C(OH)–C–C–N with tert-alkyl or cyclic N) is 1. The third-order valence-corrected chi connectivity index (χ3v) is 2.98. The Labute approximate surface area is 100 Å². The highest BCUT2D eigenvalue weighted by Crippen LogP contribution is 2.15. The molecule has 1 fully saturated rings. The van der Waals surface area contributed by atoms with Crippen molar-refractivity contribution < 1.29 is 14.6 Å². The molecule has 0 aromatic carbocycles. The number of aliphatic hydroxyl groups is 2. The van der Waals surface area contributed by atoms with Crippen LogP contribution in [0.3, 0.4) is 0 Å². The second-order valence-corrected chi connectivity index (χ2v) is 4.19. The van der Waals surface area contributed by atoms with Gasteiger partial charge in [0, 0.05) is 26.2 Å². The van der Waals surface area contributed by atoms with Crippen molar-refractivity contribution in [2.24, 2.45) is 0 Å². The minimum atomic E-state index is -0.0893. The molecule has 17 heavy (non-hydrogen) atoms. The van der Waals surface area contributed by atoms with Crippen LogP contribution in [-0.2, 0) is 6.61 Å². The molecular formula is C11H19N3O3. The summed E-state index contributed by atoms with van der Waals surface area (Å²) in [4.78, 5) is 8.52. The molecule has 1 aromatic heterocycles. The van der Waals surface area contributed by atoms with Crippen molar-refractivity contribution in [3.63, 3.8) is 0 Å². The van der Waals surface area contributed by atoms with Crippen molar-refractivity contribution >= 4 is 6.01 Å². The number of anilines is 1. The quantitative estimate of drug-likeness (QED) is 0.752. The summed E-state index contributed by atoms with van der Waals surface area (Å²) in [6.07, 6.45) is 2.52. The van der Waals surface area contributed by atoms with Crippen LogP contribution in [-0.4, -0.2) is 59.4 Å². The monoisotopic (exact) mass is 241 g/mol. The van der Waals surface area contributed by atoms with E-state index in [4.69, 9.17) is 14.6 Å². The summed E-state index contributed by atoms with van der Waals surface area (Å²) in [6.45, 7) is 4.46. The Morgan fingerprint density at radius 1 is 1.24 bits per heavy atom. The van der Waals surface area contributed by atoms with E-state index in [1.165, 1.54) is 6.26 Å². The third-order valence-electron chi connectivity index (χ3n) is 2.98. The van der Waals surface area contributed by atoms with Gasteiger partial charge in [0.25, 0.3) is 6.01 Å². The van der Waals surface area contributed by atoms with Gasteiger partial charge < -0.3 is 19.5 Å². The summed E-state index contributed by atoms with van der Waals surface area (Å²) in [5, 5.41) is 17.9. The zero-order chi connectivity index (χ0) is 12.1. The second-order valence-electron chi connectivity index (χ2n) is 4.19. The molecule has 6 heteroatoms. The van der Waals surface area contributed by atoms with E-state index in [0.29, 0.717) is 11.7 Å². The van der Waals surface area contributed by atoms with Gasteiger partial charge in [-0.1, -0.05) is 0 Å². The summed E-state index contributed by atoms with van der Waals surface area (Å²) in [6, 6.07) is 0.583. The fourth-order valence-electron chi connectivity index (χ4n) is 2.04. The van der Waals surface area contributed by atoms with Gasteiger partial charge in [0.1, 0.15) is 12.0 Å². The molecule has 2 N–H and O–H groups in total. The summed E-state index contributed by atoms with van der Waals surface area (Å²) in [5.74, 6) is 0. The number of oxazole rings is 1. The molecule has 1 aliphatic heterocycles. The molecular weight excluding hydrogens is 222 g/mol. The zero-order valence-electron chi connectivity index (χ0n) is 9.88. The Bertz CT molecular complexity index is 342. The summed E-state index contributed by atoms with van der Waals surface area (Å²) in [5.41, 5.74) is 0.566. The van der Waals surface area contributed by atoms with Crippen LogP contribution >= 0.6 is 0 Å². The van der Waals surface area contributed by atoms with Gasteiger partial charge >= 0.3 is 0 Å². The van der Waals surface area contributed by atoms with Crippen LogP contribution in [0.4, 0.5) is 6.01 Å². The van der Waals surface area contributed by atoms with Crippen molar-refractivity contribution in [2.75, 3.05) is 44.2 Å². The van der Waals surface area contributed by atoms with E-state index in [0.717, 1.165) is 39.1 Å². The molecule has 0 radical (unpaired) electrons. The minimum absolute atomic E-state index is 0.0893. The van der Waals surface area contributed by atoms with Crippen LogP contribution in [0.15, 0.2) is 10.7 Å². The summed E-state index contributed by atoms with van der Waals surface area (Å²) in [7, 11) is 0. The van der Waals surface area contributed by atoms with E-state index in [1.807, 2.05) is 0 Å². The topological polar surface area (TPSA) is 73.0 Å². The number of hydrogen-bond acceptors (Lipinski definition) is 6. The van der Waals surface area contributed by atoms with Gasteiger partial charge in [-0.15, -0.1) is 0 Å². The van der Waals surface area contributed by atoms with Crippen molar-refractivity contribution in [2.45, 2.75) is 13.0 Å². The van der Waals surface area contributed by atoms with Gasteiger partial charge in [-0.25, -0.2) is 0 Å². The van der Waals surface area contributed by atoms with Gasteiger partial charge in [0.2, 0.25) is 0 Å². The maximum atomic E-state index is 8.94. The van der Waals surface area contributed by atoms with Crippen molar-refractivity contribution in [3.8, 4) is 0 Å². The first-order valence-corrected chi connectivity index (χ1v) is 5.97. The third kappa shape index (κ3) is 3.18. The molecule has 96 valence electrons. The molecule has 0 bridgehead atoms. The lowest BCUT2D eigenvalue weighted by atomic mass is 10.4. The van der Waals surface area contributed by atoms with Crippen LogP contribution < -0.4 is 4.90 Å². The highest BCUT2D eigenvalue weighted by atomic mass is 16.4. The smallest absolute Gasteiger partial charge is 0.297 e. The first-order chi connectivity index (χ1) is 8.33. The average Bonchev–Trinajstić information content (AvgIpc) is 2.70. The molecule has 0 saturated carbocycles. The average molecular weight is 241 g/mol. The number of rotatable bonds is 4. The highest BCUT2D eigenvalue weighted by molar-refractivity contribution is 5.27. The Balaban J connectivity index is 1.93. The van der Waals surface area contributed by atoms with E-state index >= 15 is 0 Å². The zero-order valence-corrected chi connectivity index (χ0v) is 9.88. The first kappa shape index (κ1) is 12.3. The predicted octanol–water partition coefficient (Wildman–Crippen LogP) is -0.329. The first-order valence-electron chi connectivity index (χ1n) is 5.97. The number of hydrogen-bond donors (Lipinski definition) is 2. The van der Waals surface area contributed by atoms with E-state index < -0.39 is 0 Å². The molecule has 1 aliphatic rings. The number of aliphatic hydroxyl groups excluding tert-OH is 2. The molecule has 2 heterocycles. The maximum absolute atomic E-state index is 8.94. The molecule has 0 atom stereocenters. The molecule has 0 amide bonds. The lowest BCUT2D eigenvalue weighted by Gasteiger charge is -2.19. The van der Waals surface area contributed by atoms with Gasteiger partial charge in [0.05, 0.1) is 13.2 Å². The molecule has 1 saturated heterocycles. The van der Waals surface area contributed by atoms with Crippen molar-refractivity contribution in [1.82, 2.24) is 9.88 Å². The van der Waals surface area contributed by atoms with Gasteiger partial charge in [-0.3, -0.25) is 4.90 Å². The lowest BCUT2D eigenvalue weighted by molar-refractivity contribution is 0.204. The molecule has 2 rings (SSSR count). The molecule has 6 nitrogen and oxygen atoms in total. The fourth-order valence-corrected chi connectivity index (χ4v) is 2.04. The van der Waals surface area contributed by atoms with Crippen LogP contribution in [0.1, 0.15) is 12.1 Å². The largest absolute Gasteiger partial charge is 0.432 e. The molecule has 1 aromatic rings. The second kappa shape index (κ2) is 6.00. The van der Waals surface area contributed by atoms with E-state index in [1.54, 1.807) is 0 Å². The van der Waals surface area contributed by atoms with E-state index in [2.05, 4.69) is 14.8 Å². The predicted molar refractivity (Wildman–Crippen MR) is 62.8 cm³/mol. The highest BCUT2D eigenvalue weighted by Gasteiger charge is 2.18. The number of aromatic nitrogens is 1. The lowest BCUT2D eigenvalue weighted by Crippen LogP contribution is -2.32. The van der Waals surface area contributed by atoms with Crippen LogP contribution in [0.5, 0.6) is 0 Å². The Hall–Kier alpha value is -1.11. The van der Waals surface area contributed by atoms with E-state index in [-0.39, 0.29) is 13.2 Å². The Morgan fingerprint density at radius 2 is 2.12 bits per heavy atom. The van der Waals surface area contributed by atoms with Crippen LogP contribution in [0.2, 0.25) is 0 Å². The van der Waals surface area contributed by atoms with Crippen LogP contribution in [0, 0.1) is 0 Å². The van der Waals surface area contributed by atoms with Gasteiger partial charge in [0.15, 0.2) is 0 Å². The standard InChI is InChI=1S/C11H19N3O3/c15-7-6-13-2-1-3-14(5-4-13)11-12-10(8-16)9-17-11/h9,15-16H,1-8H2. The maximum Gasteiger partial charge on any atom is 0.297 e. The van der Waals surface area contributed by atoms with Crippen molar-refractivity contribution in [1.29, 1.82) is 0 Å². The van der Waals surface area contributed by atoms with Gasteiger partial charge in [-0.05, 0) is 13.0 Å². The fraction of sp³-hybridized carbons (Fsp3) is 0.727. The SMILES string of the molecule is OCCN1CCCN(c2nc(CO)co2)CC1. The molecule has 0 unspecified atom stereocenters. The van der Waals surface area contributed by atoms with Crippen molar-refractivity contribution in [3.05, 3.63) is 12.0 Å². The minimum Gasteiger partial charge on any atom is -0.432 e. The van der Waals surface area contributed by atoms with E-state index in [9.17, 15) is 0 Å². The summed E-state index contributed by atoms with van der Waals surface area (Å²) >= 11 is 0. The number of nitrogens with zero attached hydrogens (tertiary/aromatic N) is 3. The molecule has 0 spiro atoms. The Morgan fingerprint density at radius 3 is 2.82 bits per heavy atom.